The molecule has 0 amide bonds. The zero-order valence-corrected chi connectivity index (χ0v) is 12.9. The molecule has 9 heteroatoms. The van der Waals surface area contributed by atoms with Gasteiger partial charge in [0.2, 0.25) is 0 Å². The van der Waals surface area contributed by atoms with Gasteiger partial charge in [0.25, 0.3) is 10.2 Å². The van der Waals surface area contributed by atoms with Crippen molar-refractivity contribution in [1.29, 1.82) is 0 Å². The standard InChI is InChI=1S/C11H18N2O5S2/c1-13(5-3-11(15)18-2)20(16,17)12-7-10(14)9-4-6-19-8-9/h4,6,8,10,12,14H,3,5,7H2,1-2H3. The number of aliphatic hydroxyl groups is 1. The third kappa shape index (κ3) is 5.17. The van der Waals surface area contributed by atoms with E-state index < -0.39 is 22.3 Å². The van der Waals surface area contributed by atoms with E-state index in [0.29, 0.717) is 5.56 Å². The predicted molar refractivity (Wildman–Crippen MR) is 75.5 cm³/mol. The Morgan fingerprint density at radius 1 is 1.60 bits per heavy atom. The minimum Gasteiger partial charge on any atom is -0.469 e. The number of nitrogens with zero attached hydrogens (tertiary/aromatic N) is 1. The molecule has 1 unspecified atom stereocenters. The van der Waals surface area contributed by atoms with Crippen molar-refractivity contribution in [2.75, 3.05) is 27.2 Å². The second-order valence-corrected chi connectivity index (χ2v) is 6.72. The lowest BCUT2D eigenvalue weighted by Gasteiger charge is -2.18. The Balaban J connectivity index is 2.46. The van der Waals surface area contributed by atoms with E-state index in [1.807, 2.05) is 0 Å². The Kier molecular flexibility index (Phi) is 6.56. The number of carbonyl (C=O) groups excluding carboxylic acids is 1. The summed E-state index contributed by atoms with van der Waals surface area (Å²) in [5, 5.41) is 13.3. The molecular formula is C11H18N2O5S2. The van der Waals surface area contributed by atoms with Gasteiger partial charge in [-0.1, -0.05) is 0 Å². The molecule has 0 bridgehead atoms. The number of hydrogen-bond acceptors (Lipinski definition) is 6. The summed E-state index contributed by atoms with van der Waals surface area (Å²) in [6.07, 6.45) is -0.925. The average molecular weight is 322 g/mol. The normalized spacial score (nSPS) is 13.4. The summed E-state index contributed by atoms with van der Waals surface area (Å²) in [4.78, 5) is 11.0. The summed E-state index contributed by atoms with van der Waals surface area (Å²) in [7, 11) is -1.14. The molecule has 0 aromatic carbocycles. The number of ether oxygens (including phenoxy) is 1. The van der Waals surface area contributed by atoms with Gasteiger partial charge in [-0.25, -0.2) is 0 Å². The third-order valence-corrected chi connectivity index (χ3v) is 4.89. The van der Waals surface area contributed by atoms with Gasteiger partial charge in [0.15, 0.2) is 0 Å². The predicted octanol–water partition coefficient (Wildman–Crippen LogP) is 0.111. The van der Waals surface area contributed by atoms with Gasteiger partial charge in [0.05, 0.1) is 19.6 Å². The van der Waals surface area contributed by atoms with Gasteiger partial charge in [-0.05, 0) is 22.4 Å². The number of hydrogen-bond donors (Lipinski definition) is 2. The van der Waals surface area contributed by atoms with Gasteiger partial charge < -0.3 is 9.84 Å². The fourth-order valence-corrected chi connectivity index (χ4v) is 2.98. The maximum atomic E-state index is 11.9. The van der Waals surface area contributed by atoms with E-state index >= 15 is 0 Å². The molecule has 0 fully saturated rings. The molecule has 0 aliphatic rings. The molecule has 0 saturated heterocycles. The highest BCUT2D eigenvalue weighted by atomic mass is 32.2. The highest BCUT2D eigenvalue weighted by Crippen LogP contribution is 2.15. The van der Waals surface area contributed by atoms with Crippen molar-refractivity contribution < 1.29 is 23.1 Å². The van der Waals surface area contributed by atoms with E-state index in [2.05, 4.69) is 9.46 Å². The van der Waals surface area contributed by atoms with Crippen molar-refractivity contribution in [3.8, 4) is 0 Å². The Morgan fingerprint density at radius 2 is 2.30 bits per heavy atom. The molecule has 1 atom stereocenters. The summed E-state index contributed by atoms with van der Waals surface area (Å²) in [5.41, 5.74) is 0.662. The fraction of sp³-hybridized carbons (Fsp3) is 0.545. The maximum Gasteiger partial charge on any atom is 0.306 e. The van der Waals surface area contributed by atoms with Crippen LogP contribution in [0.3, 0.4) is 0 Å². The first-order valence-electron chi connectivity index (χ1n) is 5.84. The number of thiophene rings is 1. The number of rotatable bonds is 8. The topological polar surface area (TPSA) is 95.9 Å². The van der Waals surface area contributed by atoms with Crippen molar-refractivity contribution in [3.05, 3.63) is 22.4 Å². The van der Waals surface area contributed by atoms with Gasteiger partial charge in [0.1, 0.15) is 0 Å². The van der Waals surface area contributed by atoms with Crippen LogP contribution in [0, 0.1) is 0 Å². The van der Waals surface area contributed by atoms with Crippen molar-refractivity contribution in [3.63, 3.8) is 0 Å². The SMILES string of the molecule is COC(=O)CCN(C)S(=O)(=O)NCC(O)c1ccsc1. The van der Waals surface area contributed by atoms with Crippen molar-refractivity contribution in [2.45, 2.75) is 12.5 Å². The quantitative estimate of drug-likeness (QED) is 0.662. The largest absolute Gasteiger partial charge is 0.469 e. The van der Waals surface area contributed by atoms with Crippen LogP contribution in [-0.4, -0.2) is 51.0 Å². The molecule has 0 saturated carbocycles. The van der Waals surface area contributed by atoms with Crippen molar-refractivity contribution >= 4 is 27.5 Å². The first-order chi connectivity index (χ1) is 9.36. The summed E-state index contributed by atoms with van der Waals surface area (Å²) in [5.74, 6) is -0.481. The third-order valence-electron chi connectivity index (χ3n) is 2.66. The van der Waals surface area contributed by atoms with Gasteiger partial charge in [0, 0.05) is 20.1 Å². The molecule has 0 aliphatic carbocycles. The first kappa shape index (κ1) is 17.1. The molecule has 1 rings (SSSR count). The van der Waals surface area contributed by atoms with Gasteiger partial charge in [-0.3, -0.25) is 4.79 Å². The Labute approximate surface area is 122 Å². The molecule has 2 N–H and O–H groups in total. The number of methoxy groups -OCH3 is 1. The molecule has 0 aliphatic heterocycles. The maximum absolute atomic E-state index is 11.9. The highest BCUT2D eigenvalue weighted by molar-refractivity contribution is 7.87. The zero-order chi connectivity index (χ0) is 15.2. The van der Waals surface area contributed by atoms with E-state index in [-0.39, 0.29) is 19.5 Å². The van der Waals surface area contributed by atoms with Crippen LogP contribution in [0.2, 0.25) is 0 Å². The highest BCUT2D eigenvalue weighted by Gasteiger charge is 2.20. The van der Waals surface area contributed by atoms with Crippen LogP contribution >= 0.6 is 11.3 Å². The molecule has 114 valence electrons. The second kappa shape index (κ2) is 7.70. The first-order valence-corrected chi connectivity index (χ1v) is 8.23. The van der Waals surface area contributed by atoms with E-state index in [9.17, 15) is 18.3 Å². The molecule has 0 spiro atoms. The van der Waals surface area contributed by atoms with Crippen LogP contribution in [0.1, 0.15) is 18.1 Å². The van der Waals surface area contributed by atoms with Crippen LogP contribution in [0.5, 0.6) is 0 Å². The molecule has 1 aromatic heterocycles. The smallest absolute Gasteiger partial charge is 0.306 e. The number of carbonyl (C=O) groups is 1. The molecule has 1 aromatic rings. The minimum absolute atomic E-state index is 0.0105. The summed E-state index contributed by atoms with van der Waals surface area (Å²) in [6.45, 7) is -0.113. The second-order valence-electron chi connectivity index (χ2n) is 4.07. The summed E-state index contributed by atoms with van der Waals surface area (Å²) >= 11 is 1.42. The van der Waals surface area contributed by atoms with Crippen molar-refractivity contribution in [2.24, 2.45) is 0 Å². The van der Waals surface area contributed by atoms with Crippen molar-refractivity contribution in [1.82, 2.24) is 9.03 Å². The van der Waals surface area contributed by atoms with Crippen LogP contribution in [0.25, 0.3) is 0 Å². The van der Waals surface area contributed by atoms with Gasteiger partial charge in [-0.15, -0.1) is 0 Å². The van der Waals surface area contributed by atoms with Gasteiger partial charge >= 0.3 is 5.97 Å². The fourth-order valence-electron chi connectivity index (χ4n) is 1.35. The Hall–Kier alpha value is -1.00. The van der Waals surface area contributed by atoms with Gasteiger partial charge in [-0.2, -0.15) is 28.8 Å². The summed E-state index contributed by atoms with van der Waals surface area (Å²) in [6, 6.07) is 1.73. The molecule has 0 radical (unpaired) electrons. The van der Waals surface area contributed by atoms with E-state index in [0.717, 1.165) is 4.31 Å². The van der Waals surface area contributed by atoms with E-state index in [4.69, 9.17) is 0 Å². The molecular weight excluding hydrogens is 304 g/mol. The molecule has 7 nitrogen and oxygen atoms in total. The summed E-state index contributed by atoms with van der Waals surface area (Å²) < 4.78 is 31.5. The Morgan fingerprint density at radius 3 is 2.85 bits per heavy atom. The number of esters is 1. The van der Waals surface area contributed by atoms with Crippen LogP contribution in [0.4, 0.5) is 0 Å². The lowest BCUT2D eigenvalue weighted by molar-refractivity contribution is -0.140. The average Bonchev–Trinajstić information content (AvgIpc) is 2.95. The Bertz CT molecular complexity index is 515. The zero-order valence-electron chi connectivity index (χ0n) is 11.3. The monoisotopic (exact) mass is 322 g/mol. The lowest BCUT2D eigenvalue weighted by Crippen LogP contribution is -2.40. The van der Waals surface area contributed by atoms with Crippen LogP contribution in [0.15, 0.2) is 16.8 Å². The van der Waals surface area contributed by atoms with E-state index in [1.54, 1.807) is 16.8 Å². The molecule has 20 heavy (non-hydrogen) atoms. The van der Waals surface area contributed by atoms with Crippen LogP contribution in [-0.2, 0) is 19.7 Å². The molecule has 1 heterocycles. The number of nitrogens with one attached hydrogen (secondary N) is 1. The number of aliphatic hydroxyl groups excluding tert-OH is 1. The lowest BCUT2D eigenvalue weighted by atomic mass is 10.2. The van der Waals surface area contributed by atoms with Crippen LogP contribution < -0.4 is 4.72 Å². The minimum atomic E-state index is -3.73. The van der Waals surface area contributed by atoms with E-state index in [1.165, 1.54) is 25.5 Å².